The van der Waals surface area contributed by atoms with Gasteiger partial charge in [-0.05, 0) is 51.0 Å². The highest BCUT2D eigenvalue weighted by atomic mass is 32.1. The first-order valence-electron chi connectivity index (χ1n) is 8.35. The molecule has 128 valence electrons. The largest absolute Gasteiger partial charge is 0.393 e. The molecule has 2 aromatic rings. The lowest BCUT2D eigenvalue weighted by molar-refractivity contribution is 0.0988. The number of hydrogen-bond acceptors (Lipinski definition) is 5. The summed E-state index contributed by atoms with van der Waals surface area (Å²) in [5.74, 6) is -0.0209. The van der Waals surface area contributed by atoms with Crippen molar-refractivity contribution in [2.24, 2.45) is 0 Å². The minimum absolute atomic E-state index is 0.0209. The topological polar surface area (TPSA) is 56.7 Å². The van der Waals surface area contributed by atoms with Crippen molar-refractivity contribution in [2.75, 3.05) is 29.4 Å². The Bertz CT molecular complexity index is 691. The number of thiazole rings is 1. The molecule has 1 N–H and O–H groups in total. The number of carbonyl (C=O) groups is 1. The summed E-state index contributed by atoms with van der Waals surface area (Å²) in [6, 6.07) is 7.75. The second kappa shape index (κ2) is 7.32. The van der Waals surface area contributed by atoms with Crippen molar-refractivity contribution < 1.29 is 9.90 Å². The maximum Gasteiger partial charge on any atom is 0.260 e. The quantitative estimate of drug-likeness (QED) is 0.925. The fourth-order valence-electron chi connectivity index (χ4n) is 2.93. The second-order valence-corrected chi connectivity index (χ2v) is 6.92. The maximum atomic E-state index is 12.8. The first-order valence-corrected chi connectivity index (χ1v) is 9.23. The van der Waals surface area contributed by atoms with E-state index in [1.165, 1.54) is 11.3 Å². The van der Waals surface area contributed by atoms with Crippen LogP contribution < -0.4 is 9.80 Å². The van der Waals surface area contributed by atoms with Gasteiger partial charge in [0.1, 0.15) is 0 Å². The molecule has 6 heteroatoms. The number of anilines is 2. The highest BCUT2D eigenvalue weighted by Crippen LogP contribution is 2.24. The van der Waals surface area contributed by atoms with E-state index in [-0.39, 0.29) is 12.0 Å². The first kappa shape index (κ1) is 16.9. The number of aliphatic hydroxyl groups excluding tert-OH is 1. The number of hydrogen-bond donors (Lipinski definition) is 1. The van der Waals surface area contributed by atoms with Crippen LogP contribution in [0, 0.1) is 6.92 Å². The second-order valence-electron chi connectivity index (χ2n) is 6.09. The molecule has 0 bridgehead atoms. The van der Waals surface area contributed by atoms with E-state index in [4.69, 9.17) is 0 Å². The molecule has 0 spiro atoms. The van der Waals surface area contributed by atoms with Crippen molar-refractivity contribution in [2.45, 2.75) is 32.8 Å². The molecule has 1 aliphatic rings. The molecule has 1 amide bonds. The highest BCUT2D eigenvalue weighted by Gasteiger charge is 2.20. The Labute approximate surface area is 146 Å². The van der Waals surface area contributed by atoms with Crippen molar-refractivity contribution >= 4 is 28.1 Å². The number of carbonyl (C=O) groups excluding carboxylic acids is 1. The lowest BCUT2D eigenvalue weighted by atomic mass is 10.1. The number of rotatable bonds is 4. The average Bonchev–Trinajstić information content (AvgIpc) is 3.02. The van der Waals surface area contributed by atoms with E-state index in [1.807, 2.05) is 43.5 Å². The molecule has 2 heterocycles. The van der Waals surface area contributed by atoms with Gasteiger partial charge < -0.3 is 10.0 Å². The molecule has 1 aromatic heterocycles. The SMILES string of the molecule is CCN(C(=O)c1ccc(N2CCC(O)CC2)cc1)c1nc(C)cs1. The van der Waals surface area contributed by atoms with Crippen LogP contribution in [0.25, 0.3) is 0 Å². The molecule has 1 fully saturated rings. The lowest BCUT2D eigenvalue weighted by Gasteiger charge is -2.31. The third kappa shape index (κ3) is 3.60. The van der Waals surface area contributed by atoms with E-state index in [1.54, 1.807) is 4.90 Å². The predicted octanol–water partition coefficient (Wildman–Crippen LogP) is 3.08. The molecule has 0 unspecified atom stereocenters. The molecule has 1 saturated heterocycles. The smallest absolute Gasteiger partial charge is 0.260 e. The molecule has 1 aromatic carbocycles. The van der Waals surface area contributed by atoms with Gasteiger partial charge in [0, 0.05) is 36.3 Å². The van der Waals surface area contributed by atoms with Crippen LogP contribution >= 0.6 is 11.3 Å². The van der Waals surface area contributed by atoms with Crippen LogP contribution in [0.1, 0.15) is 35.8 Å². The number of aromatic nitrogens is 1. The Hall–Kier alpha value is -1.92. The Morgan fingerprint density at radius 2 is 2.00 bits per heavy atom. The Kier molecular flexibility index (Phi) is 5.16. The zero-order valence-corrected chi connectivity index (χ0v) is 14.9. The average molecular weight is 345 g/mol. The normalized spacial score (nSPS) is 15.5. The fourth-order valence-corrected chi connectivity index (χ4v) is 3.79. The summed E-state index contributed by atoms with van der Waals surface area (Å²) >= 11 is 1.49. The van der Waals surface area contributed by atoms with Gasteiger partial charge >= 0.3 is 0 Å². The fraction of sp³-hybridized carbons (Fsp3) is 0.444. The van der Waals surface area contributed by atoms with Crippen molar-refractivity contribution in [3.8, 4) is 0 Å². The minimum Gasteiger partial charge on any atom is -0.393 e. The van der Waals surface area contributed by atoms with E-state index >= 15 is 0 Å². The molecule has 0 aliphatic carbocycles. The molecular weight excluding hydrogens is 322 g/mol. The third-order valence-electron chi connectivity index (χ3n) is 4.34. The van der Waals surface area contributed by atoms with E-state index in [0.29, 0.717) is 12.1 Å². The van der Waals surface area contributed by atoms with Gasteiger partial charge in [-0.1, -0.05) is 0 Å². The molecule has 3 rings (SSSR count). The summed E-state index contributed by atoms with van der Waals surface area (Å²) in [6.45, 7) is 6.20. The number of nitrogens with zero attached hydrogens (tertiary/aromatic N) is 3. The number of aryl methyl sites for hydroxylation is 1. The zero-order chi connectivity index (χ0) is 17.1. The van der Waals surface area contributed by atoms with Crippen molar-refractivity contribution in [1.82, 2.24) is 4.98 Å². The summed E-state index contributed by atoms with van der Waals surface area (Å²) in [4.78, 5) is 21.1. The van der Waals surface area contributed by atoms with Crippen LogP contribution in [0.4, 0.5) is 10.8 Å². The molecule has 0 saturated carbocycles. The van der Waals surface area contributed by atoms with E-state index in [2.05, 4.69) is 9.88 Å². The van der Waals surface area contributed by atoms with Crippen LogP contribution in [0.5, 0.6) is 0 Å². The number of aliphatic hydroxyl groups is 1. The molecule has 24 heavy (non-hydrogen) atoms. The summed E-state index contributed by atoms with van der Waals surface area (Å²) in [7, 11) is 0. The predicted molar refractivity (Wildman–Crippen MR) is 98.1 cm³/mol. The van der Waals surface area contributed by atoms with Gasteiger partial charge in [0.2, 0.25) is 0 Å². The van der Waals surface area contributed by atoms with E-state index < -0.39 is 0 Å². The van der Waals surface area contributed by atoms with Crippen LogP contribution in [0.2, 0.25) is 0 Å². The van der Waals surface area contributed by atoms with Crippen molar-refractivity contribution in [3.05, 3.63) is 40.9 Å². The minimum atomic E-state index is -0.179. The molecule has 1 aliphatic heterocycles. The summed E-state index contributed by atoms with van der Waals surface area (Å²) in [5.41, 5.74) is 2.71. The highest BCUT2D eigenvalue weighted by molar-refractivity contribution is 7.14. The first-order chi connectivity index (χ1) is 11.6. The van der Waals surface area contributed by atoms with Crippen molar-refractivity contribution in [1.29, 1.82) is 0 Å². The maximum absolute atomic E-state index is 12.8. The van der Waals surface area contributed by atoms with E-state index in [9.17, 15) is 9.90 Å². The number of piperidine rings is 1. The van der Waals surface area contributed by atoms with Gasteiger partial charge in [0.15, 0.2) is 5.13 Å². The number of benzene rings is 1. The van der Waals surface area contributed by atoms with Crippen LogP contribution in [0.15, 0.2) is 29.6 Å². The Morgan fingerprint density at radius 1 is 1.33 bits per heavy atom. The van der Waals surface area contributed by atoms with Gasteiger partial charge in [-0.25, -0.2) is 4.98 Å². The molecule has 0 atom stereocenters. The van der Waals surface area contributed by atoms with Gasteiger partial charge in [-0.2, -0.15) is 0 Å². The van der Waals surface area contributed by atoms with Gasteiger partial charge in [-0.15, -0.1) is 11.3 Å². The lowest BCUT2D eigenvalue weighted by Crippen LogP contribution is -2.35. The summed E-state index contributed by atoms with van der Waals surface area (Å²) in [6.07, 6.45) is 1.42. The molecule has 0 radical (unpaired) electrons. The van der Waals surface area contributed by atoms with Crippen LogP contribution in [-0.2, 0) is 0 Å². The third-order valence-corrected chi connectivity index (χ3v) is 5.32. The molecular formula is C18H23N3O2S. The van der Waals surface area contributed by atoms with Gasteiger partial charge in [0.05, 0.1) is 11.8 Å². The van der Waals surface area contributed by atoms with Crippen molar-refractivity contribution in [3.63, 3.8) is 0 Å². The molecule has 5 nitrogen and oxygen atoms in total. The zero-order valence-electron chi connectivity index (χ0n) is 14.1. The van der Waals surface area contributed by atoms with Crippen LogP contribution in [-0.4, -0.2) is 41.7 Å². The Morgan fingerprint density at radius 3 is 2.54 bits per heavy atom. The van der Waals surface area contributed by atoms with E-state index in [0.717, 1.165) is 42.4 Å². The summed E-state index contributed by atoms with van der Waals surface area (Å²) in [5, 5.41) is 12.3. The number of amides is 1. The summed E-state index contributed by atoms with van der Waals surface area (Å²) < 4.78 is 0. The Balaban J connectivity index is 1.73. The van der Waals surface area contributed by atoms with Gasteiger partial charge in [-0.3, -0.25) is 9.69 Å². The monoisotopic (exact) mass is 345 g/mol. The van der Waals surface area contributed by atoms with Crippen LogP contribution in [0.3, 0.4) is 0 Å². The standard InChI is InChI=1S/C18H23N3O2S/c1-3-21(18-19-13(2)12-24-18)17(23)14-4-6-15(7-5-14)20-10-8-16(22)9-11-20/h4-7,12,16,22H,3,8-11H2,1-2H3. The van der Waals surface area contributed by atoms with Gasteiger partial charge in [0.25, 0.3) is 5.91 Å².